The van der Waals surface area contributed by atoms with E-state index >= 15 is 0 Å². The molecule has 0 aliphatic heterocycles. The fourth-order valence-electron chi connectivity index (χ4n) is 2.56. The van der Waals surface area contributed by atoms with Crippen LogP contribution in [0.3, 0.4) is 0 Å². The number of ether oxygens (including phenoxy) is 2. The van der Waals surface area contributed by atoms with Crippen LogP contribution < -0.4 is 15.9 Å². The number of hydrogen-bond donors (Lipinski definition) is 0. The highest BCUT2D eigenvalue weighted by molar-refractivity contribution is 7.79. The summed E-state index contributed by atoms with van der Waals surface area (Å²) in [5.41, 5.74) is 0. The minimum Gasteiger partial charge on any atom is -0.447 e. The van der Waals surface area contributed by atoms with Crippen LogP contribution in [0.15, 0.2) is 101 Å². The van der Waals surface area contributed by atoms with Gasteiger partial charge in [-0.3, -0.25) is 0 Å². The smallest absolute Gasteiger partial charge is 0.447 e. The van der Waals surface area contributed by atoms with Crippen LogP contribution in [-0.4, -0.2) is 25.4 Å². The second kappa shape index (κ2) is 13.8. The molecule has 0 radical (unpaired) electrons. The molecule has 0 aliphatic carbocycles. The van der Waals surface area contributed by atoms with E-state index in [1.807, 2.05) is 0 Å². The molecule has 0 saturated heterocycles. The van der Waals surface area contributed by atoms with Crippen LogP contribution in [0.1, 0.15) is 13.8 Å². The topological polar surface area (TPSA) is 77.3 Å². The van der Waals surface area contributed by atoms with Crippen LogP contribution in [0.5, 0.6) is 0 Å². The Morgan fingerprint density at radius 3 is 1.16 bits per heavy atom. The highest BCUT2D eigenvalue weighted by Gasteiger charge is 2.14. The second-order valence-electron chi connectivity index (χ2n) is 5.94. The third-order valence-electron chi connectivity index (χ3n) is 3.79. The molecule has 0 fully saturated rings. The van der Waals surface area contributed by atoms with Crippen LogP contribution >= 0.6 is 7.92 Å². The SMILES string of the molecule is CCOC(=O)N=NC(=O)OCC.c1ccc(P(c2ccccc2)c2ccccc2)cc1. The summed E-state index contributed by atoms with van der Waals surface area (Å²) in [4.78, 5) is 20.9. The van der Waals surface area contributed by atoms with Crippen molar-refractivity contribution in [3.63, 3.8) is 0 Å². The summed E-state index contributed by atoms with van der Waals surface area (Å²) in [7, 11) is -0.446. The molecule has 0 heterocycles. The summed E-state index contributed by atoms with van der Waals surface area (Å²) < 4.78 is 8.73. The van der Waals surface area contributed by atoms with Crippen LogP contribution in [-0.2, 0) is 9.47 Å². The van der Waals surface area contributed by atoms with Crippen molar-refractivity contribution in [3.05, 3.63) is 91.0 Å². The van der Waals surface area contributed by atoms with E-state index in [0.29, 0.717) is 0 Å². The van der Waals surface area contributed by atoms with Crippen molar-refractivity contribution >= 4 is 36.0 Å². The maximum Gasteiger partial charge on any atom is 0.452 e. The number of benzene rings is 3. The summed E-state index contributed by atoms with van der Waals surface area (Å²) in [5, 5.41) is 10.0. The standard InChI is InChI=1S/C18H15P.C6H10N2O4/c1-4-10-16(11-5-1)19(17-12-6-2-7-13-17)18-14-8-3-9-15-18;1-3-11-5(9)7-8-6(10)12-4-2/h1-15H;3-4H2,1-2H3. The predicted molar refractivity (Wildman–Crippen MR) is 124 cm³/mol. The minimum atomic E-state index is -0.898. The molecule has 3 aromatic rings. The van der Waals surface area contributed by atoms with Crippen molar-refractivity contribution in [2.24, 2.45) is 10.2 Å². The molecule has 0 unspecified atom stereocenters. The molecular weight excluding hydrogens is 411 g/mol. The van der Waals surface area contributed by atoms with E-state index < -0.39 is 20.1 Å². The Bertz CT molecular complexity index is 837. The van der Waals surface area contributed by atoms with Crippen molar-refractivity contribution < 1.29 is 19.1 Å². The highest BCUT2D eigenvalue weighted by atomic mass is 31.1. The van der Waals surface area contributed by atoms with E-state index in [4.69, 9.17) is 0 Å². The molecule has 0 spiro atoms. The Labute approximate surface area is 183 Å². The fourth-order valence-corrected chi connectivity index (χ4v) is 4.87. The molecule has 6 nitrogen and oxygen atoms in total. The summed E-state index contributed by atoms with van der Waals surface area (Å²) >= 11 is 0. The quantitative estimate of drug-likeness (QED) is 0.407. The third kappa shape index (κ3) is 8.49. The Morgan fingerprint density at radius 1 is 0.613 bits per heavy atom. The normalized spacial score (nSPS) is 10.3. The molecule has 0 aromatic heterocycles. The third-order valence-corrected chi connectivity index (χ3v) is 6.24. The molecular formula is C24H25N2O4P. The first-order valence-electron chi connectivity index (χ1n) is 9.86. The van der Waals surface area contributed by atoms with E-state index in [-0.39, 0.29) is 13.2 Å². The molecule has 0 saturated carbocycles. The Morgan fingerprint density at radius 2 is 0.903 bits per heavy atom. The van der Waals surface area contributed by atoms with Gasteiger partial charge in [0.25, 0.3) is 0 Å². The summed E-state index contributed by atoms with van der Waals surface area (Å²) in [6.07, 6.45) is -1.80. The zero-order valence-corrected chi connectivity index (χ0v) is 18.4. The molecule has 31 heavy (non-hydrogen) atoms. The van der Waals surface area contributed by atoms with Crippen LogP contribution in [0, 0.1) is 0 Å². The van der Waals surface area contributed by atoms with Gasteiger partial charge in [0.1, 0.15) is 0 Å². The van der Waals surface area contributed by atoms with Crippen LogP contribution in [0.2, 0.25) is 0 Å². The van der Waals surface area contributed by atoms with E-state index in [9.17, 15) is 9.59 Å². The van der Waals surface area contributed by atoms with Crippen molar-refractivity contribution in [1.82, 2.24) is 0 Å². The highest BCUT2D eigenvalue weighted by Crippen LogP contribution is 2.32. The average molecular weight is 436 g/mol. The predicted octanol–water partition coefficient (Wildman–Crippen LogP) is 5.20. The first-order valence-corrected chi connectivity index (χ1v) is 11.2. The Kier molecular flexibility index (Phi) is 10.6. The van der Waals surface area contributed by atoms with Gasteiger partial charge in [0.2, 0.25) is 0 Å². The van der Waals surface area contributed by atoms with Crippen LogP contribution in [0.4, 0.5) is 9.59 Å². The molecule has 160 valence electrons. The van der Waals surface area contributed by atoms with Crippen molar-refractivity contribution in [2.75, 3.05) is 13.2 Å². The fraction of sp³-hybridized carbons (Fsp3) is 0.167. The molecule has 3 rings (SSSR count). The van der Waals surface area contributed by atoms with Gasteiger partial charge in [-0.05, 0) is 37.7 Å². The van der Waals surface area contributed by atoms with Gasteiger partial charge >= 0.3 is 12.2 Å². The average Bonchev–Trinajstić information content (AvgIpc) is 2.81. The van der Waals surface area contributed by atoms with Gasteiger partial charge in [0, 0.05) is 0 Å². The van der Waals surface area contributed by atoms with Crippen molar-refractivity contribution in [1.29, 1.82) is 0 Å². The number of azo groups is 1. The number of carbonyl (C=O) groups excluding carboxylic acids is 2. The molecule has 0 aliphatic rings. The molecule has 0 N–H and O–H groups in total. The number of amides is 2. The lowest BCUT2D eigenvalue weighted by Gasteiger charge is -2.18. The molecule has 0 atom stereocenters. The number of hydrogen-bond acceptors (Lipinski definition) is 4. The van der Waals surface area contributed by atoms with E-state index in [0.717, 1.165) is 0 Å². The van der Waals surface area contributed by atoms with Crippen LogP contribution in [0.25, 0.3) is 0 Å². The van der Waals surface area contributed by atoms with Gasteiger partial charge < -0.3 is 9.47 Å². The lowest BCUT2D eigenvalue weighted by Crippen LogP contribution is -2.20. The summed E-state index contributed by atoms with van der Waals surface area (Å²) in [6.45, 7) is 3.64. The largest absolute Gasteiger partial charge is 0.452 e. The van der Waals surface area contributed by atoms with Gasteiger partial charge in [-0.2, -0.15) is 0 Å². The minimum absolute atomic E-state index is 0.195. The lowest BCUT2D eigenvalue weighted by atomic mass is 10.4. The Hall–Kier alpha value is -3.37. The van der Waals surface area contributed by atoms with Gasteiger partial charge in [0.05, 0.1) is 13.2 Å². The number of rotatable bonds is 5. The van der Waals surface area contributed by atoms with Gasteiger partial charge in [-0.25, -0.2) is 9.59 Å². The maximum atomic E-state index is 10.5. The molecule has 2 amide bonds. The van der Waals surface area contributed by atoms with E-state index in [1.165, 1.54) is 15.9 Å². The first kappa shape index (κ1) is 23.9. The summed E-state index contributed by atoms with van der Waals surface area (Å²) in [5.74, 6) is 0. The Balaban J connectivity index is 0.000000248. The maximum absolute atomic E-state index is 10.5. The lowest BCUT2D eigenvalue weighted by molar-refractivity contribution is 0.152. The van der Waals surface area contributed by atoms with Gasteiger partial charge in [-0.15, -0.1) is 0 Å². The van der Waals surface area contributed by atoms with Crippen molar-refractivity contribution in [2.45, 2.75) is 13.8 Å². The zero-order chi connectivity index (χ0) is 22.3. The molecule has 7 heteroatoms. The van der Waals surface area contributed by atoms with E-state index in [2.05, 4.69) is 111 Å². The number of nitrogens with zero attached hydrogens (tertiary/aromatic N) is 2. The first-order chi connectivity index (χ1) is 15.2. The number of carbonyl (C=O) groups is 2. The molecule has 0 bridgehead atoms. The van der Waals surface area contributed by atoms with Gasteiger partial charge in [0.15, 0.2) is 0 Å². The molecule has 3 aromatic carbocycles. The van der Waals surface area contributed by atoms with E-state index in [1.54, 1.807) is 13.8 Å². The second-order valence-corrected chi connectivity index (χ2v) is 8.16. The monoisotopic (exact) mass is 436 g/mol. The van der Waals surface area contributed by atoms with Crippen molar-refractivity contribution in [3.8, 4) is 0 Å². The van der Waals surface area contributed by atoms with Gasteiger partial charge in [-0.1, -0.05) is 101 Å². The summed E-state index contributed by atoms with van der Waals surface area (Å²) in [6, 6.07) is 32.3. The zero-order valence-electron chi connectivity index (χ0n) is 17.5.